The smallest absolute Gasteiger partial charge is 0.0325 e. The minimum atomic E-state index is 1.06. The van der Waals surface area contributed by atoms with Crippen LogP contribution in [0.3, 0.4) is 0 Å². The lowest BCUT2D eigenvalue weighted by Crippen LogP contribution is -2.26. The molecule has 0 aliphatic carbocycles. The first-order valence-corrected chi connectivity index (χ1v) is 5.42. The highest BCUT2D eigenvalue weighted by atomic mass is 32.1. The van der Waals surface area contributed by atoms with Crippen molar-refractivity contribution >= 4 is 11.3 Å². The number of nitrogens with zero attached hydrogens (tertiary/aromatic N) is 1. The molecule has 1 heterocycles. The van der Waals surface area contributed by atoms with E-state index in [1.165, 1.54) is 9.75 Å². The van der Waals surface area contributed by atoms with Crippen molar-refractivity contribution in [3.05, 3.63) is 21.9 Å². The quantitative estimate of drug-likeness (QED) is 0.775. The van der Waals surface area contributed by atoms with Crippen molar-refractivity contribution in [3.63, 3.8) is 0 Å². The predicted octanol–water partition coefficient (Wildman–Crippen LogP) is 1.71. The van der Waals surface area contributed by atoms with E-state index >= 15 is 0 Å². The Kier molecular flexibility index (Phi) is 4.42. The molecule has 74 valence electrons. The fourth-order valence-corrected chi connectivity index (χ4v) is 2.19. The van der Waals surface area contributed by atoms with Crippen molar-refractivity contribution < 1.29 is 0 Å². The molecule has 0 saturated heterocycles. The van der Waals surface area contributed by atoms with Crippen molar-refractivity contribution in [2.45, 2.75) is 13.5 Å². The molecular formula is C10H18N2S. The van der Waals surface area contributed by atoms with Crippen LogP contribution in [0, 0.1) is 6.92 Å². The molecule has 0 aromatic carbocycles. The van der Waals surface area contributed by atoms with Gasteiger partial charge in [0.25, 0.3) is 0 Å². The number of likely N-dealkylation sites (N-methyl/N-ethyl adjacent to an activating group) is 2. The van der Waals surface area contributed by atoms with Crippen molar-refractivity contribution in [2.24, 2.45) is 0 Å². The zero-order chi connectivity index (χ0) is 9.68. The van der Waals surface area contributed by atoms with Crippen LogP contribution in [-0.2, 0) is 6.54 Å². The van der Waals surface area contributed by atoms with Gasteiger partial charge in [0.1, 0.15) is 0 Å². The number of hydrogen-bond donors (Lipinski definition) is 1. The summed E-state index contributed by atoms with van der Waals surface area (Å²) in [5, 5.41) is 3.15. The molecule has 0 bridgehead atoms. The summed E-state index contributed by atoms with van der Waals surface area (Å²) < 4.78 is 0. The maximum Gasteiger partial charge on any atom is 0.0325 e. The van der Waals surface area contributed by atoms with Crippen LogP contribution in [0.4, 0.5) is 0 Å². The molecule has 13 heavy (non-hydrogen) atoms. The van der Waals surface area contributed by atoms with Gasteiger partial charge in [-0.05, 0) is 33.2 Å². The number of rotatable bonds is 5. The Morgan fingerprint density at radius 1 is 1.46 bits per heavy atom. The molecular weight excluding hydrogens is 180 g/mol. The summed E-state index contributed by atoms with van der Waals surface area (Å²) in [4.78, 5) is 5.19. The number of hydrogen-bond acceptors (Lipinski definition) is 3. The lowest BCUT2D eigenvalue weighted by atomic mass is 10.4. The lowest BCUT2D eigenvalue weighted by molar-refractivity contribution is 0.331. The normalized spacial score (nSPS) is 11.1. The molecule has 1 aromatic heterocycles. The summed E-state index contributed by atoms with van der Waals surface area (Å²) in [6.07, 6.45) is 0. The number of aryl methyl sites for hydroxylation is 1. The zero-order valence-corrected chi connectivity index (χ0v) is 9.45. The van der Waals surface area contributed by atoms with E-state index in [1.807, 2.05) is 18.4 Å². The lowest BCUT2D eigenvalue weighted by Gasteiger charge is -2.14. The molecule has 2 nitrogen and oxygen atoms in total. The molecule has 0 amide bonds. The Bertz CT molecular complexity index is 245. The van der Waals surface area contributed by atoms with E-state index in [4.69, 9.17) is 0 Å². The summed E-state index contributed by atoms with van der Waals surface area (Å²) >= 11 is 1.89. The molecule has 0 saturated carbocycles. The van der Waals surface area contributed by atoms with E-state index in [2.05, 4.69) is 36.3 Å². The van der Waals surface area contributed by atoms with E-state index in [0.717, 1.165) is 19.6 Å². The molecule has 0 unspecified atom stereocenters. The SMILES string of the molecule is CNCCN(C)Cc1ccc(C)s1. The Morgan fingerprint density at radius 2 is 2.23 bits per heavy atom. The summed E-state index contributed by atoms with van der Waals surface area (Å²) in [7, 11) is 4.15. The summed E-state index contributed by atoms with van der Waals surface area (Å²) in [6, 6.07) is 4.40. The molecule has 1 N–H and O–H groups in total. The maximum atomic E-state index is 3.15. The second-order valence-electron chi connectivity index (χ2n) is 3.35. The van der Waals surface area contributed by atoms with Crippen LogP contribution >= 0.6 is 11.3 Å². The Labute approximate surface area is 84.6 Å². The fraction of sp³-hybridized carbons (Fsp3) is 0.600. The van der Waals surface area contributed by atoms with Crippen molar-refractivity contribution in [1.29, 1.82) is 0 Å². The zero-order valence-electron chi connectivity index (χ0n) is 8.63. The monoisotopic (exact) mass is 198 g/mol. The molecule has 3 heteroatoms. The third-order valence-electron chi connectivity index (χ3n) is 1.97. The molecule has 0 fully saturated rings. The third kappa shape index (κ3) is 3.89. The topological polar surface area (TPSA) is 15.3 Å². The van der Waals surface area contributed by atoms with Gasteiger partial charge in [-0.1, -0.05) is 0 Å². The van der Waals surface area contributed by atoms with Crippen LogP contribution in [0.25, 0.3) is 0 Å². The van der Waals surface area contributed by atoms with Crippen LogP contribution in [0.5, 0.6) is 0 Å². The van der Waals surface area contributed by atoms with Gasteiger partial charge in [0.15, 0.2) is 0 Å². The minimum Gasteiger partial charge on any atom is -0.318 e. The standard InChI is InChI=1S/C10H18N2S/c1-9-4-5-10(13-9)8-12(3)7-6-11-2/h4-5,11H,6-8H2,1-3H3. The van der Waals surface area contributed by atoms with Crippen molar-refractivity contribution in [3.8, 4) is 0 Å². The van der Waals surface area contributed by atoms with Gasteiger partial charge in [-0.15, -0.1) is 11.3 Å². The summed E-state index contributed by atoms with van der Waals surface area (Å²) in [6.45, 7) is 5.39. The second-order valence-corrected chi connectivity index (χ2v) is 4.73. The van der Waals surface area contributed by atoms with Crippen LogP contribution in [0.15, 0.2) is 12.1 Å². The Morgan fingerprint density at radius 3 is 2.77 bits per heavy atom. The van der Waals surface area contributed by atoms with E-state index in [-0.39, 0.29) is 0 Å². The third-order valence-corrected chi connectivity index (χ3v) is 2.95. The highest BCUT2D eigenvalue weighted by Crippen LogP contribution is 2.16. The highest BCUT2D eigenvalue weighted by Gasteiger charge is 2.01. The maximum absolute atomic E-state index is 3.15. The van der Waals surface area contributed by atoms with Crippen LogP contribution < -0.4 is 5.32 Å². The van der Waals surface area contributed by atoms with Gasteiger partial charge in [-0.3, -0.25) is 0 Å². The molecule has 0 spiro atoms. The van der Waals surface area contributed by atoms with Gasteiger partial charge in [0.05, 0.1) is 0 Å². The minimum absolute atomic E-state index is 1.06. The Balaban J connectivity index is 2.31. The molecule has 0 aliphatic heterocycles. The first-order valence-electron chi connectivity index (χ1n) is 4.61. The first-order chi connectivity index (χ1) is 6.22. The van der Waals surface area contributed by atoms with Gasteiger partial charge >= 0.3 is 0 Å². The largest absolute Gasteiger partial charge is 0.318 e. The summed E-state index contributed by atoms with van der Waals surface area (Å²) in [5.74, 6) is 0. The van der Waals surface area contributed by atoms with Gasteiger partial charge < -0.3 is 10.2 Å². The summed E-state index contributed by atoms with van der Waals surface area (Å²) in [5.41, 5.74) is 0. The predicted molar refractivity (Wildman–Crippen MR) is 59.3 cm³/mol. The molecule has 1 aromatic rings. The highest BCUT2D eigenvalue weighted by molar-refractivity contribution is 7.11. The van der Waals surface area contributed by atoms with Gasteiger partial charge in [-0.2, -0.15) is 0 Å². The average molecular weight is 198 g/mol. The average Bonchev–Trinajstić information content (AvgIpc) is 2.48. The van der Waals surface area contributed by atoms with Crippen molar-refractivity contribution in [1.82, 2.24) is 10.2 Å². The van der Waals surface area contributed by atoms with Crippen LogP contribution in [-0.4, -0.2) is 32.1 Å². The van der Waals surface area contributed by atoms with E-state index in [0.29, 0.717) is 0 Å². The van der Waals surface area contributed by atoms with E-state index in [1.54, 1.807) is 0 Å². The van der Waals surface area contributed by atoms with Gasteiger partial charge in [-0.25, -0.2) is 0 Å². The fourth-order valence-electron chi connectivity index (χ4n) is 1.22. The number of nitrogens with one attached hydrogen (secondary N) is 1. The first kappa shape index (κ1) is 10.7. The van der Waals surface area contributed by atoms with Crippen LogP contribution in [0.2, 0.25) is 0 Å². The Hall–Kier alpha value is -0.380. The van der Waals surface area contributed by atoms with Crippen LogP contribution in [0.1, 0.15) is 9.75 Å². The molecule has 0 aliphatic rings. The van der Waals surface area contributed by atoms with E-state index in [9.17, 15) is 0 Å². The van der Waals surface area contributed by atoms with Gasteiger partial charge in [0.2, 0.25) is 0 Å². The van der Waals surface area contributed by atoms with Crippen molar-refractivity contribution in [2.75, 3.05) is 27.2 Å². The van der Waals surface area contributed by atoms with E-state index < -0.39 is 0 Å². The molecule has 0 atom stereocenters. The second kappa shape index (κ2) is 5.37. The molecule has 0 radical (unpaired) electrons. The van der Waals surface area contributed by atoms with Gasteiger partial charge in [0, 0.05) is 29.4 Å². The molecule has 1 rings (SSSR count). The number of thiophene rings is 1.